The molecule has 120 valence electrons. The van der Waals surface area contributed by atoms with Crippen molar-refractivity contribution in [1.29, 1.82) is 0 Å². The Morgan fingerprint density at radius 3 is 2.29 bits per heavy atom. The Hall–Kier alpha value is -1.14. The molecule has 21 heavy (non-hydrogen) atoms. The van der Waals surface area contributed by atoms with E-state index in [2.05, 4.69) is 5.32 Å². The van der Waals surface area contributed by atoms with Crippen LogP contribution in [0.2, 0.25) is 0 Å². The van der Waals surface area contributed by atoms with Crippen molar-refractivity contribution in [1.82, 2.24) is 5.32 Å². The first-order valence-electron chi connectivity index (χ1n) is 6.84. The average molecular weight is 307 g/mol. The zero-order chi connectivity index (χ0) is 16.3. The molecule has 0 heterocycles. The van der Waals surface area contributed by atoms with Crippen molar-refractivity contribution in [3.05, 3.63) is 35.1 Å². The number of methoxy groups -OCH3 is 1. The fourth-order valence-electron chi connectivity index (χ4n) is 2.30. The van der Waals surface area contributed by atoms with Crippen molar-refractivity contribution in [2.45, 2.75) is 45.0 Å². The van der Waals surface area contributed by atoms with Crippen molar-refractivity contribution in [3.63, 3.8) is 0 Å². The molecule has 6 heteroatoms. The predicted molar refractivity (Wildman–Crippen MR) is 73.5 cm³/mol. The van der Waals surface area contributed by atoms with Crippen LogP contribution in [-0.4, -0.2) is 19.3 Å². The molecular formula is C15H21F4NO. The van der Waals surface area contributed by atoms with Crippen LogP contribution in [-0.2, 0) is 10.9 Å². The van der Waals surface area contributed by atoms with Crippen molar-refractivity contribution < 1.29 is 22.3 Å². The topological polar surface area (TPSA) is 21.3 Å². The molecule has 1 aromatic carbocycles. The fourth-order valence-corrected chi connectivity index (χ4v) is 2.30. The smallest absolute Gasteiger partial charge is 0.377 e. The first kappa shape index (κ1) is 17.9. The molecule has 0 fully saturated rings. The normalized spacial score (nSPS) is 16.6. The summed E-state index contributed by atoms with van der Waals surface area (Å²) in [5, 5.41) is 3.12. The summed E-state index contributed by atoms with van der Waals surface area (Å²) in [5.41, 5.74) is -1.58. The van der Waals surface area contributed by atoms with Gasteiger partial charge in [0.25, 0.3) is 0 Å². The van der Waals surface area contributed by atoms with Gasteiger partial charge in [-0.3, -0.25) is 0 Å². The lowest BCUT2D eigenvalue weighted by molar-refractivity contribution is -0.140. The number of hydrogen-bond acceptors (Lipinski definition) is 2. The van der Waals surface area contributed by atoms with Crippen molar-refractivity contribution in [2.75, 3.05) is 13.7 Å². The summed E-state index contributed by atoms with van der Waals surface area (Å²) in [5.74, 6) is -1.27. The zero-order valence-electron chi connectivity index (χ0n) is 12.6. The van der Waals surface area contributed by atoms with Gasteiger partial charge in [-0.25, -0.2) is 4.39 Å². The Morgan fingerprint density at radius 1 is 1.24 bits per heavy atom. The molecular weight excluding hydrogens is 286 g/mol. The van der Waals surface area contributed by atoms with Gasteiger partial charge in [-0.05, 0) is 37.6 Å². The SMILES string of the molecule is CCNC(c1ccc(F)c(C(F)(F)F)c1)C(C)(CC)OC. The summed E-state index contributed by atoms with van der Waals surface area (Å²) in [6.45, 7) is 6.12. The lowest BCUT2D eigenvalue weighted by Crippen LogP contribution is -2.43. The van der Waals surface area contributed by atoms with E-state index < -0.39 is 29.2 Å². The van der Waals surface area contributed by atoms with Gasteiger partial charge in [-0.1, -0.05) is 19.9 Å². The molecule has 2 nitrogen and oxygen atoms in total. The lowest BCUT2D eigenvalue weighted by Gasteiger charge is -2.37. The number of likely N-dealkylation sites (N-methyl/N-ethyl adjacent to an activating group) is 1. The Bertz CT molecular complexity index is 469. The van der Waals surface area contributed by atoms with Crippen molar-refractivity contribution in [2.24, 2.45) is 0 Å². The fraction of sp³-hybridized carbons (Fsp3) is 0.600. The highest BCUT2D eigenvalue weighted by Crippen LogP contribution is 2.36. The van der Waals surface area contributed by atoms with Gasteiger partial charge in [-0.15, -0.1) is 0 Å². The molecule has 0 bridgehead atoms. The van der Waals surface area contributed by atoms with E-state index in [1.54, 1.807) is 0 Å². The van der Waals surface area contributed by atoms with Crippen LogP contribution in [0.5, 0.6) is 0 Å². The van der Waals surface area contributed by atoms with Crippen LogP contribution in [0, 0.1) is 5.82 Å². The maximum absolute atomic E-state index is 13.4. The summed E-state index contributed by atoms with van der Waals surface area (Å²) in [7, 11) is 1.52. The summed E-state index contributed by atoms with van der Waals surface area (Å²) in [6.07, 6.45) is -4.12. The van der Waals surface area contributed by atoms with Crippen LogP contribution in [0.1, 0.15) is 44.4 Å². The van der Waals surface area contributed by atoms with E-state index >= 15 is 0 Å². The molecule has 0 saturated heterocycles. The predicted octanol–water partition coefficient (Wildman–Crippen LogP) is 4.31. The highest BCUT2D eigenvalue weighted by molar-refractivity contribution is 5.31. The number of halogens is 4. The minimum Gasteiger partial charge on any atom is -0.377 e. The van der Waals surface area contributed by atoms with Crippen molar-refractivity contribution >= 4 is 0 Å². The Balaban J connectivity index is 3.33. The minimum absolute atomic E-state index is 0.358. The third kappa shape index (κ3) is 3.95. The van der Waals surface area contributed by atoms with E-state index in [1.165, 1.54) is 13.2 Å². The van der Waals surface area contributed by atoms with Crippen molar-refractivity contribution in [3.8, 4) is 0 Å². The number of ether oxygens (including phenoxy) is 1. The van der Waals surface area contributed by atoms with E-state index in [0.29, 0.717) is 18.5 Å². The summed E-state index contributed by atoms with van der Waals surface area (Å²) < 4.78 is 57.4. The van der Waals surface area contributed by atoms with Gasteiger partial charge in [-0.2, -0.15) is 13.2 Å². The molecule has 1 N–H and O–H groups in total. The van der Waals surface area contributed by atoms with E-state index in [1.807, 2.05) is 20.8 Å². The van der Waals surface area contributed by atoms with Gasteiger partial charge >= 0.3 is 6.18 Å². The molecule has 1 rings (SSSR count). The molecule has 2 unspecified atom stereocenters. The number of alkyl halides is 3. The van der Waals surface area contributed by atoms with E-state index in [4.69, 9.17) is 4.74 Å². The maximum atomic E-state index is 13.4. The second-order valence-electron chi connectivity index (χ2n) is 5.10. The maximum Gasteiger partial charge on any atom is 0.419 e. The highest BCUT2D eigenvalue weighted by atomic mass is 19.4. The van der Waals surface area contributed by atoms with E-state index in [0.717, 1.165) is 12.1 Å². The summed E-state index contributed by atoms with van der Waals surface area (Å²) in [6, 6.07) is 2.62. The number of benzene rings is 1. The number of rotatable bonds is 6. The third-order valence-corrected chi connectivity index (χ3v) is 3.82. The van der Waals surface area contributed by atoms with Crippen LogP contribution >= 0.6 is 0 Å². The first-order chi connectivity index (χ1) is 9.69. The number of nitrogens with one attached hydrogen (secondary N) is 1. The van der Waals surface area contributed by atoms with E-state index in [-0.39, 0.29) is 0 Å². The summed E-state index contributed by atoms with van der Waals surface area (Å²) in [4.78, 5) is 0. The zero-order valence-corrected chi connectivity index (χ0v) is 12.6. The molecule has 0 aliphatic heterocycles. The van der Waals surface area contributed by atoms with Crippen LogP contribution < -0.4 is 5.32 Å². The van der Waals surface area contributed by atoms with Crippen LogP contribution in [0.15, 0.2) is 18.2 Å². The molecule has 0 aromatic heterocycles. The molecule has 0 spiro atoms. The Morgan fingerprint density at radius 2 is 1.86 bits per heavy atom. The molecule has 0 saturated carbocycles. The molecule has 0 amide bonds. The van der Waals surface area contributed by atoms with Gasteiger partial charge in [0.1, 0.15) is 5.82 Å². The van der Waals surface area contributed by atoms with Gasteiger partial charge in [0.05, 0.1) is 17.2 Å². The van der Waals surface area contributed by atoms with Gasteiger partial charge in [0.15, 0.2) is 0 Å². The van der Waals surface area contributed by atoms with Crippen LogP contribution in [0.25, 0.3) is 0 Å². The minimum atomic E-state index is -4.72. The average Bonchev–Trinajstić information content (AvgIpc) is 2.43. The summed E-state index contributed by atoms with van der Waals surface area (Å²) >= 11 is 0. The quantitative estimate of drug-likeness (QED) is 0.791. The largest absolute Gasteiger partial charge is 0.419 e. The van der Waals surface area contributed by atoms with Crippen LogP contribution in [0.4, 0.5) is 17.6 Å². The molecule has 2 atom stereocenters. The van der Waals surface area contributed by atoms with Gasteiger partial charge in [0.2, 0.25) is 0 Å². The molecule has 0 aliphatic carbocycles. The molecule has 0 aliphatic rings. The second kappa shape index (κ2) is 6.75. The Labute approximate surface area is 122 Å². The third-order valence-electron chi connectivity index (χ3n) is 3.82. The lowest BCUT2D eigenvalue weighted by atomic mass is 9.86. The van der Waals surface area contributed by atoms with E-state index in [9.17, 15) is 17.6 Å². The molecule has 0 radical (unpaired) electrons. The van der Waals surface area contributed by atoms with Gasteiger partial charge in [0, 0.05) is 7.11 Å². The standard InChI is InChI=1S/C15H21F4NO/c1-5-14(3,21-4)13(20-6-2)10-7-8-12(16)11(9-10)15(17,18)19/h7-9,13,20H,5-6H2,1-4H3. The van der Waals surface area contributed by atoms with Crippen LogP contribution in [0.3, 0.4) is 0 Å². The monoisotopic (exact) mass is 307 g/mol. The van der Waals surface area contributed by atoms with Gasteiger partial charge < -0.3 is 10.1 Å². The first-order valence-corrected chi connectivity index (χ1v) is 6.84. The molecule has 1 aromatic rings. The second-order valence-corrected chi connectivity index (χ2v) is 5.10. The Kier molecular flexibility index (Phi) is 5.75. The number of hydrogen-bond donors (Lipinski definition) is 1. The highest BCUT2D eigenvalue weighted by Gasteiger charge is 2.38.